The molecule has 1 aromatic carbocycles. The fourth-order valence-corrected chi connectivity index (χ4v) is 2.85. The first-order valence-corrected chi connectivity index (χ1v) is 9.09. The average molecular weight is 333 g/mol. The van der Waals surface area contributed by atoms with Crippen molar-refractivity contribution in [2.75, 3.05) is 19.4 Å². The number of hydrogen-bond acceptors (Lipinski definition) is 5. The van der Waals surface area contributed by atoms with Gasteiger partial charge in [0.05, 0.1) is 17.9 Å². The molecule has 2 N–H and O–H groups in total. The number of rotatable bonds is 9. The third-order valence-electron chi connectivity index (χ3n) is 2.68. The van der Waals surface area contributed by atoms with Crippen molar-refractivity contribution in [2.24, 2.45) is 0 Å². The van der Waals surface area contributed by atoms with Crippen molar-refractivity contribution in [3.63, 3.8) is 0 Å². The predicted octanol–water partition coefficient (Wildman–Crippen LogP) is 1.57. The largest absolute Gasteiger partial charge is 0.493 e. The van der Waals surface area contributed by atoms with E-state index in [2.05, 4.69) is 4.72 Å². The lowest BCUT2D eigenvalue weighted by Crippen LogP contribution is -2.29. The molecule has 0 spiro atoms. The number of hydrogen-bond donors (Lipinski definition) is 2. The molecular formula is C13H19NO5S2. The van der Waals surface area contributed by atoms with Gasteiger partial charge in [-0.1, -0.05) is 6.92 Å². The number of thioether (sulfide) groups is 1. The van der Waals surface area contributed by atoms with Gasteiger partial charge in [-0.25, -0.2) is 13.1 Å². The fourth-order valence-electron chi connectivity index (χ4n) is 1.36. The van der Waals surface area contributed by atoms with Crippen molar-refractivity contribution in [1.29, 1.82) is 0 Å². The van der Waals surface area contributed by atoms with Crippen LogP contribution in [0.4, 0.5) is 0 Å². The number of benzene rings is 1. The molecule has 1 aromatic rings. The highest BCUT2D eigenvalue weighted by Gasteiger charge is 2.14. The van der Waals surface area contributed by atoms with Crippen LogP contribution in [0.3, 0.4) is 0 Å². The van der Waals surface area contributed by atoms with Crippen LogP contribution in [0.5, 0.6) is 5.75 Å². The SMILES string of the molecule is CSC(C)CNS(=O)(=O)c1ccc(OCCC(=O)O)cc1. The molecule has 0 aromatic heterocycles. The molecule has 0 heterocycles. The predicted molar refractivity (Wildman–Crippen MR) is 82.4 cm³/mol. The molecule has 0 bridgehead atoms. The van der Waals surface area contributed by atoms with E-state index in [0.29, 0.717) is 12.3 Å². The Morgan fingerprint density at radius 1 is 1.38 bits per heavy atom. The van der Waals surface area contributed by atoms with Gasteiger partial charge in [-0.05, 0) is 30.5 Å². The van der Waals surface area contributed by atoms with Gasteiger partial charge in [0.15, 0.2) is 0 Å². The van der Waals surface area contributed by atoms with Gasteiger partial charge in [0.1, 0.15) is 5.75 Å². The van der Waals surface area contributed by atoms with Crippen molar-refractivity contribution < 1.29 is 23.1 Å². The van der Waals surface area contributed by atoms with E-state index in [1.807, 2.05) is 13.2 Å². The standard InChI is InChI=1S/C13H19NO5S2/c1-10(20-2)9-14-21(17,18)12-5-3-11(4-6-12)19-8-7-13(15)16/h3-6,10,14H,7-9H2,1-2H3,(H,15,16). The summed E-state index contributed by atoms with van der Waals surface area (Å²) in [5.41, 5.74) is 0. The van der Waals surface area contributed by atoms with Crippen LogP contribution in [0, 0.1) is 0 Å². The Balaban J connectivity index is 2.61. The number of sulfonamides is 1. The van der Waals surface area contributed by atoms with Crippen LogP contribution in [-0.4, -0.2) is 44.2 Å². The summed E-state index contributed by atoms with van der Waals surface area (Å²) in [6.07, 6.45) is 1.82. The van der Waals surface area contributed by atoms with E-state index in [4.69, 9.17) is 9.84 Å². The molecule has 1 unspecified atom stereocenters. The van der Waals surface area contributed by atoms with Gasteiger partial charge >= 0.3 is 5.97 Å². The molecule has 8 heteroatoms. The number of carboxylic acids is 1. The van der Waals surface area contributed by atoms with E-state index < -0.39 is 16.0 Å². The van der Waals surface area contributed by atoms with Crippen LogP contribution in [0.15, 0.2) is 29.2 Å². The molecule has 1 atom stereocenters. The quantitative estimate of drug-likeness (QED) is 0.712. The van der Waals surface area contributed by atoms with E-state index >= 15 is 0 Å². The Morgan fingerprint density at radius 2 is 2.00 bits per heavy atom. The highest BCUT2D eigenvalue weighted by molar-refractivity contribution is 7.99. The maximum absolute atomic E-state index is 12.0. The highest BCUT2D eigenvalue weighted by Crippen LogP contribution is 2.16. The molecule has 0 radical (unpaired) electrons. The Bertz CT molecular complexity index is 556. The van der Waals surface area contributed by atoms with Gasteiger partial charge in [0, 0.05) is 11.8 Å². The second-order valence-corrected chi connectivity index (χ2v) is 7.40. The summed E-state index contributed by atoms with van der Waals surface area (Å²) in [6, 6.07) is 5.88. The normalized spacial score (nSPS) is 12.9. The van der Waals surface area contributed by atoms with E-state index in [1.54, 1.807) is 11.8 Å². The fraction of sp³-hybridized carbons (Fsp3) is 0.462. The Morgan fingerprint density at radius 3 is 2.52 bits per heavy atom. The number of ether oxygens (including phenoxy) is 1. The Hall–Kier alpha value is -1.25. The van der Waals surface area contributed by atoms with Crippen LogP contribution < -0.4 is 9.46 Å². The second kappa shape index (κ2) is 8.26. The monoisotopic (exact) mass is 333 g/mol. The number of nitrogens with one attached hydrogen (secondary N) is 1. The molecule has 0 fully saturated rings. The van der Waals surface area contributed by atoms with E-state index in [9.17, 15) is 13.2 Å². The van der Waals surface area contributed by atoms with Gasteiger partial charge < -0.3 is 9.84 Å². The smallest absolute Gasteiger partial charge is 0.306 e. The van der Waals surface area contributed by atoms with Crippen LogP contribution in [0.1, 0.15) is 13.3 Å². The van der Waals surface area contributed by atoms with Crippen molar-refractivity contribution in [3.8, 4) is 5.75 Å². The zero-order valence-electron chi connectivity index (χ0n) is 11.9. The third kappa shape index (κ3) is 6.36. The van der Waals surface area contributed by atoms with E-state index in [1.165, 1.54) is 24.3 Å². The van der Waals surface area contributed by atoms with Crippen molar-refractivity contribution in [1.82, 2.24) is 4.72 Å². The summed E-state index contributed by atoms with van der Waals surface area (Å²) < 4.78 is 31.8. The summed E-state index contributed by atoms with van der Waals surface area (Å²) in [4.78, 5) is 10.5. The summed E-state index contributed by atoms with van der Waals surface area (Å²) in [6.45, 7) is 2.35. The molecule has 118 valence electrons. The zero-order valence-corrected chi connectivity index (χ0v) is 13.5. The van der Waals surface area contributed by atoms with Crippen LogP contribution in [0.2, 0.25) is 0 Å². The second-order valence-electron chi connectivity index (χ2n) is 4.36. The third-order valence-corrected chi connectivity index (χ3v) is 5.09. The van der Waals surface area contributed by atoms with Crippen molar-refractivity contribution in [2.45, 2.75) is 23.5 Å². The van der Waals surface area contributed by atoms with Gasteiger partial charge in [0.25, 0.3) is 0 Å². The Labute approximate surface area is 128 Å². The molecule has 0 aliphatic rings. The van der Waals surface area contributed by atoms with Gasteiger partial charge in [0.2, 0.25) is 10.0 Å². The molecular weight excluding hydrogens is 314 g/mol. The van der Waals surface area contributed by atoms with Gasteiger partial charge in [-0.3, -0.25) is 4.79 Å². The lowest BCUT2D eigenvalue weighted by atomic mass is 10.3. The molecule has 0 aliphatic heterocycles. The first-order chi connectivity index (χ1) is 9.85. The minimum Gasteiger partial charge on any atom is -0.493 e. The molecule has 0 saturated heterocycles. The van der Waals surface area contributed by atoms with Crippen molar-refractivity contribution in [3.05, 3.63) is 24.3 Å². The summed E-state index contributed by atoms with van der Waals surface area (Å²) in [5.74, 6) is -0.506. The zero-order chi connectivity index (χ0) is 15.9. The molecule has 6 nitrogen and oxygen atoms in total. The minimum atomic E-state index is -3.53. The highest BCUT2D eigenvalue weighted by atomic mass is 32.2. The van der Waals surface area contributed by atoms with Crippen LogP contribution in [0.25, 0.3) is 0 Å². The molecule has 1 rings (SSSR count). The van der Waals surface area contributed by atoms with Gasteiger partial charge in [-0.2, -0.15) is 11.8 Å². The first kappa shape index (κ1) is 17.8. The summed E-state index contributed by atoms with van der Waals surface area (Å²) >= 11 is 1.58. The first-order valence-electron chi connectivity index (χ1n) is 6.32. The van der Waals surface area contributed by atoms with Gasteiger partial charge in [-0.15, -0.1) is 0 Å². The molecule has 0 amide bonds. The van der Waals surface area contributed by atoms with Crippen molar-refractivity contribution >= 4 is 27.8 Å². The number of aliphatic carboxylic acids is 1. The topological polar surface area (TPSA) is 92.7 Å². The van der Waals surface area contributed by atoms with Crippen LogP contribution in [-0.2, 0) is 14.8 Å². The minimum absolute atomic E-state index is 0.0465. The maximum atomic E-state index is 12.0. The lowest BCUT2D eigenvalue weighted by molar-refractivity contribution is -0.137. The molecule has 0 aliphatic carbocycles. The number of carbonyl (C=O) groups is 1. The average Bonchev–Trinajstić information content (AvgIpc) is 2.45. The number of carboxylic acid groups (broad SMARTS) is 1. The molecule has 0 saturated carbocycles. The lowest BCUT2D eigenvalue weighted by Gasteiger charge is -2.11. The van der Waals surface area contributed by atoms with Crippen LogP contribution >= 0.6 is 11.8 Å². The molecule has 21 heavy (non-hydrogen) atoms. The summed E-state index contributed by atoms with van der Waals surface area (Å²) in [7, 11) is -3.53. The van der Waals surface area contributed by atoms with E-state index in [0.717, 1.165) is 0 Å². The van der Waals surface area contributed by atoms with E-state index in [-0.39, 0.29) is 23.2 Å². The summed E-state index contributed by atoms with van der Waals surface area (Å²) in [5, 5.41) is 8.69. The Kier molecular flexibility index (Phi) is 7.00. The maximum Gasteiger partial charge on any atom is 0.306 e.